The zero-order valence-corrected chi connectivity index (χ0v) is 22.9. The van der Waals surface area contributed by atoms with Gasteiger partial charge in [0, 0.05) is 5.56 Å². The summed E-state index contributed by atoms with van der Waals surface area (Å²) in [4.78, 5) is 19.0. The maximum atomic E-state index is 13.0. The summed E-state index contributed by atoms with van der Waals surface area (Å²) < 4.78 is 69.3. The zero-order chi connectivity index (χ0) is 28.1. The van der Waals surface area contributed by atoms with Crippen molar-refractivity contribution in [3.05, 3.63) is 65.2 Å². The highest BCUT2D eigenvalue weighted by Crippen LogP contribution is 2.49. The molecule has 0 amide bonds. The summed E-state index contributed by atoms with van der Waals surface area (Å²) in [5.41, 5.74) is 1.47. The van der Waals surface area contributed by atoms with Gasteiger partial charge in [0.25, 0.3) is 0 Å². The van der Waals surface area contributed by atoms with Crippen molar-refractivity contribution >= 4 is 30.1 Å². The normalized spacial score (nSPS) is 11.8. The molecule has 3 aromatic rings. The summed E-state index contributed by atoms with van der Waals surface area (Å²) in [5.74, 6) is -0.0871. The van der Waals surface area contributed by atoms with Crippen molar-refractivity contribution in [2.75, 3.05) is 28.4 Å². The van der Waals surface area contributed by atoms with Crippen molar-refractivity contribution in [2.45, 2.75) is 11.8 Å². The Balaban J connectivity index is 2.15. The van der Waals surface area contributed by atoms with Gasteiger partial charge in [-0.25, -0.2) is 4.57 Å². The van der Waals surface area contributed by atoms with Crippen molar-refractivity contribution in [1.29, 1.82) is 0 Å². The van der Waals surface area contributed by atoms with Crippen molar-refractivity contribution < 1.29 is 50.4 Å². The van der Waals surface area contributed by atoms with E-state index in [-0.39, 0.29) is 16.2 Å². The molecule has 0 aliphatic heterocycles. The lowest BCUT2D eigenvalue weighted by molar-refractivity contribution is 0.278. The van der Waals surface area contributed by atoms with E-state index < -0.39 is 29.4 Å². The Hall–Kier alpha value is -3.70. The summed E-state index contributed by atoms with van der Waals surface area (Å²) in [6.45, 7) is 1.79. The summed E-state index contributed by atoms with van der Waals surface area (Å²) >= 11 is 0. The highest BCUT2D eigenvalue weighted by atomic mass is 32.2. The van der Waals surface area contributed by atoms with Crippen molar-refractivity contribution in [3.8, 4) is 34.5 Å². The Morgan fingerprint density at radius 1 is 0.737 bits per heavy atom. The molecular weight excluding hydrogens is 539 g/mol. The Morgan fingerprint density at radius 3 is 1.82 bits per heavy atom. The lowest BCUT2D eigenvalue weighted by atomic mass is 10.1. The first-order valence-electron chi connectivity index (χ1n) is 10.9. The molecule has 0 saturated heterocycles. The maximum Gasteiger partial charge on any atom is 0.524 e. The lowest BCUT2D eigenvalue weighted by Crippen LogP contribution is -2.12. The summed E-state index contributed by atoms with van der Waals surface area (Å²) in [6, 6.07) is 11.9. The first kappa shape index (κ1) is 28.9. The Labute approximate surface area is 220 Å². The SMILES string of the molecule is COc1cc(/C=C/c2ccc(OC)c(OS(=O)(=O)c3ccc(C)cc3)c2OP(=O)(O)O)cc(OC)c1OC. The van der Waals surface area contributed by atoms with Crippen molar-refractivity contribution in [2.24, 2.45) is 0 Å². The van der Waals surface area contributed by atoms with Crippen LogP contribution in [0.1, 0.15) is 16.7 Å². The Kier molecular flexibility index (Phi) is 8.95. The van der Waals surface area contributed by atoms with Gasteiger partial charge in [0.2, 0.25) is 11.5 Å². The van der Waals surface area contributed by atoms with Gasteiger partial charge in [-0.15, -0.1) is 0 Å². The molecule has 38 heavy (non-hydrogen) atoms. The van der Waals surface area contributed by atoms with Gasteiger partial charge in [0.05, 0.1) is 28.4 Å². The van der Waals surface area contributed by atoms with Gasteiger partial charge in [0.1, 0.15) is 4.90 Å². The molecule has 0 fully saturated rings. The zero-order valence-electron chi connectivity index (χ0n) is 21.2. The van der Waals surface area contributed by atoms with E-state index in [1.54, 1.807) is 37.3 Å². The predicted octanol–water partition coefficient (Wildman–Crippen LogP) is 4.44. The molecule has 0 bridgehead atoms. The maximum absolute atomic E-state index is 13.0. The van der Waals surface area contributed by atoms with Crippen molar-refractivity contribution in [1.82, 2.24) is 0 Å². The van der Waals surface area contributed by atoms with Crippen LogP contribution < -0.4 is 27.7 Å². The monoisotopic (exact) mass is 566 g/mol. The van der Waals surface area contributed by atoms with Crippen LogP contribution >= 0.6 is 7.82 Å². The number of hydrogen-bond donors (Lipinski definition) is 2. The molecule has 204 valence electrons. The van der Waals surface area contributed by atoms with Crippen LogP contribution in [0, 0.1) is 6.92 Å². The van der Waals surface area contributed by atoms with Crippen molar-refractivity contribution in [3.63, 3.8) is 0 Å². The second-order valence-electron chi connectivity index (χ2n) is 7.74. The number of methoxy groups -OCH3 is 4. The topological polar surface area (TPSA) is 147 Å². The largest absolute Gasteiger partial charge is 0.524 e. The number of hydrogen-bond acceptors (Lipinski definition) is 9. The smallest absolute Gasteiger partial charge is 0.493 e. The molecule has 0 atom stereocenters. The van der Waals surface area contributed by atoms with Gasteiger partial charge in [-0.1, -0.05) is 29.8 Å². The number of aryl methyl sites for hydroxylation is 1. The highest BCUT2D eigenvalue weighted by Gasteiger charge is 2.29. The molecule has 0 heterocycles. The first-order chi connectivity index (χ1) is 17.9. The van der Waals surface area contributed by atoms with Crippen LogP contribution in [0.15, 0.2) is 53.4 Å². The van der Waals surface area contributed by atoms with Crippen LogP contribution in [0.25, 0.3) is 12.2 Å². The van der Waals surface area contributed by atoms with Crippen LogP contribution in [-0.2, 0) is 14.7 Å². The first-order valence-corrected chi connectivity index (χ1v) is 13.8. The molecule has 3 aromatic carbocycles. The standard InChI is InChI=1S/C25H27O11PS/c1-16-6-11-19(12-7-16)38(29,30)36-25-20(31-2)13-10-18(23(25)35-37(26,27)28)9-8-17-14-21(32-3)24(34-5)22(15-17)33-4/h6-15H,1-5H3,(H2,26,27,28)/b9-8+. The second kappa shape index (κ2) is 11.8. The van der Waals surface area contributed by atoms with Gasteiger partial charge < -0.3 is 27.7 Å². The third-order valence-corrected chi connectivity index (χ3v) is 6.84. The molecule has 3 rings (SSSR count). The van der Waals surface area contributed by atoms with E-state index in [0.29, 0.717) is 22.8 Å². The van der Waals surface area contributed by atoms with E-state index in [2.05, 4.69) is 0 Å². The van der Waals surface area contributed by atoms with E-state index >= 15 is 0 Å². The predicted molar refractivity (Wildman–Crippen MR) is 140 cm³/mol. The third-order valence-electron chi connectivity index (χ3n) is 5.18. The molecule has 0 radical (unpaired) electrons. The van der Waals surface area contributed by atoms with E-state index in [9.17, 15) is 22.8 Å². The Bertz CT molecular complexity index is 1450. The summed E-state index contributed by atoms with van der Waals surface area (Å²) in [6.07, 6.45) is 3.01. The lowest BCUT2D eigenvalue weighted by Gasteiger charge is -2.18. The quantitative estimate of drug-likeness (QED) is 0.193. The fourth-order valence-electron chi connectivity index (χ4n) is 3.39. The van der Waals surface area contributed by atoms with E-state index in [1.807, 2.05) is 0 Å². The van der Waals surface area contributed by atoms with Gasteiger partial charge >= 0.3 is 17.9 Å². The van der Waals surface area contributed by atoms with E-state index in [0.717, 1.165) is 5.56 Å². The number of phosphoric ester groups is 1. The molecule has 2 N–H and O–H groups in total. The average Bonchev–Trinajstić information content (AvgIpc) is 2.87. The molecule has 0 aliphatic rings. The fourth-order valence-corrected chi connectivity index (χ4v) is 4.76. The van der Waals surface area contributed by atoms with Gasteiger partial charge in [-0.2, -0.15) is 8.42 Å². The second-order valence-corrected chi connectivity index (χ2v) is 10.4. The third kappa shape index (κ3) is 6.78. The van der Waals surface area contributed by atoms with E-state index in [4.69, 9.17) is 27.7 Å². The molecule has 11 nitrogen and oxygen atoms in total. The van der Waals surface area contributed by atoms with Gasteiger partial charge in [-0.05, 0) is 48.9 Å². The van der Waals surface area contributed by atoms with Crippen LogP contribution in [0.4, 0.5) is 0 Å². The minimum absolute atomic E-state index is 0.0805. The molecular formula is C25H27O11PS. The number of rotatable bonds is 11. The fraction of sp³-hybridized carbons (Fsp3) is 0.200. The molecule has 0 saturated carbocycles. The molecule has 0 aromatic heterocycles. The van der Waals surface area contributed by atoms with Gasteiger partial charge in [0.15, 0.2) is 23.0 Å². The Morgan fingerprint density at radius 2 is 1.32 bits per heavy atom. The van der Waals surface area contributed by atoms with Crippen LogP contribution in [0.2, 0.25) is 0 Å². The number of phosphoric acid groups is 1. The minimum Gasteiger partial charge on any atom is -0.493 e. The summed E-state index contributed by atoms with van der Waals surface area (Å²) in [7, 11) is -3.98. The molecule has 0 unspecified atom stereocenters. The van der Waals surface area contributed by atoms with Gasteiger partial charge in [-0.3, -0.25) is 9.79 Å². The average molecular weight is 567 g/mol. The minimum atomic E-state index is -5.17. The number of benzene rings is 3. The number of ether oxygens (including phenoxy) is 4. The summed E-state index contributed by atoms with van der Waals surface area (Å²) in [5, 5.41) is 0. The van der Waals surface area contributed by atoms with E-state index in [1.165, 1.54) is 58.8 Å². The molecule has 0 spiro atoms. The molecule has 13 heteroatoms. The molecule has 0 aliphatic carbocycles. The highest BCUT2D eigenvalue weighted by molar-refractivity contribution is 7.87. The van der Waals surface area contributed by atoms with Crippen LogP contribution in [0.5, 0.6) is 34.5 Å². The van der Waals surface area contributed by atoms with Crippen LogP contribution in [-0.4, -0.2) is 46.6 Å². The van der Waals surface area contributed by atoms with Crippen LogP contribution in [0.3, 0.4) is 0 Å².